The van der Waals surface area contributed by atoms with Crippen molar-refractivity contribution in [2.45, 2.75) is 26.2 Å². The Bertz CT molecular complexity index is 6010. The number of aromatic nitrogens is 8. The lowest BCUT2D eigenvalue weighted by molar-refractivity contribution is -0.138. The number of alkyl halides is 6. The minimum absolute atomic E-state index is 0.0904. The van der Waals surface area contributed by atoms with Gasteiger partial charge in [0.05, 0.1) is 33.2 Å². The van der Waals surface area contributed by atoms with Crippen molar-refractivity contribution in [3.63, 3.8) is 0 Å². The molecular formula is C88H56F6N8. The van der Waals surface area contributed by atoms with Crippen molar-refractivity contribution in [1.82, 2.24) is 39.0 Å². The van der Waals surface area contributed by atoms with Crippen molar-refractivity contribution < 1.29 is 26.3 Å². The average Bonchev–Trinajstić information content (AvgIpc) is 1.57. The van der Waals surface area contributed by atoms with Gasteiger partial charge in [0.25, 0.3) is 0 Å². The van der Waals surface area contributed by atoms with Crippen LogP contribution in [0.25, 0.3) is 168 Å². The molecule has 102 heavy (non-hydrogen) atoms. The predicted molar refractivity (Wildman–Crippen MR) is 396 cm³/mol. The molecule has 4 aromatic heterocycles. The van der Waals surface area contributed by atoms with E-state index in [0.717, 1.165) is 111 Å². The first-order valence-corrected chi connectivity index (χ1v) is 33.2. The topological polar surface area (TPSA) is 87.2 Å². The number of benzene rings is 13. The molecule has 490 valence electrons. The highest BCUT2D eigenvalue weighted by molar-refractivity contribution is 6.12. The maximum atomic E-state index is 14.9. The molecule has 0 radical (unpaired) electrons. The quantitative estimate of drug-likeness (QED) is 0.113. The van der Waals surface area contributed by atoms with Gasteiger partial charge in [0.15, 0.2) is 34.9 Å². The van der Waals surface area contributed by atoms with Crippen LogP contribution in [-0.2, 0) is 12.4 Å². The average molecular weight is 1340 g/mol. The maximum Gasteiger partial charge on any atom is 0.417 e. The first-order chi connectivity index (χ1) is 49.6. The van der Waals surface area contributed by atoms with Crippen molar-refractivity contribution in [1.29, 1.82) is 0 Å². The highest BCUT2D eigenvalue weighted by Gasteiger charge is 2.35. The molecule has 0 atom stereocenters. The number of halogens is 6. The third-order valence-electron chi connectivity index (χ3n) is 18.8. The van der Waals surface area contributed by atoms with E-state index in [1.54, 1.807) is 38.1 Å². The van der Waals surface area contributed by atoms with Crippen molar-refractivity contribution in [2.75, 3.05) is 0 Å². The Kier molecular flexibility index (Phi) is 15.4. The van der Waals surface area contributed by atoms with E-state index in [2.05, 4.69) is 81.9 Å². The Morgan fingerprint density at radius 2 is 0.598 bits per heavy atom. The van der Waals surface area contributed by atoms with Crippen molar-refractivity contribution in [2.24, 2.45) is 0 Å². The van der Waals surface area contributed by atoms with Gasteiger partial charge in [0, 0.05) is 66.3 Å². The van der Waals surface area contributed by atoms with Gasteiger partial charge < -0.3 is 9.13 Å². The van der Waals surface area contributed by atoms with Gasteiger partial charge in [-0.2, -0.15) is 26.3 Å². The molecule has 0 saturated carbocycles. The fraction of sp³-hybridized carbons (Fsp3) is 0.0455. The molecule has 14 heteroatoms. The molecule has 0 bridgehead atoms. The van der Waals surface area contributed by atoms with Gasteiger partial charge in [0.2, 0.25) is 0 Å². The lowest BCUT2D eigenvalue weighted by Gasteiger charge is -2.16. The van der Waals surface area contributed by atoms with Gasteiger partial charge in [0.1, 0.15) is 0 Å². The summed E-state index contributed by atoms with van der Waals surface area (Å²) in [6.45, 7) is 3.37. The first kappa shape index (κ1) is 62.6. The minimum atomic E-state index is -4.59. The Morgan fingerprint density at radius 3 is 1.01 bits per heavy atom. The molecular weight excluding hydrogens is 1280 g/mol. The zero-order valence-electron chi connectivity index (χ0n) is 54.7. The molecule has 0 spiro atoms. The number of rotatable bonds is 12. The molecule has 17 rings (SSSR count). The highest BCUT2D eigenvalue weighted by Crippen LogP contribution is 2.45. The Labute approximate surface area is 581 Å². The Hall–Kier alpha value is -12.9. The number of hydrogen-bond acceptors (Lipinski definition) is 6. The van der Waals surface area contributed by atoms with E-state index in [0.29, 0.717) is 68.3 Å². The summed E-state index contributed by atoms with van der Waals surface area (Å²) in [5.41, 5.74) is 14.4. The van der Waals surface area contributed by atoms with E-state index in [4.69, 9.17) is 29.9 Å². The zero-order valence-corrected chi connectivity index (χ0v) is 54.7. The predicted octanol–water partition coefficient (Wildman–Crippen LogP) is 23.6. The van der Waals surface area contributed by atoms with Crippen LogP contribution < -0.4 is 0 Å². The molecule has 4 heterocycles. The van der Waals surface area contributed by atoms with E-state index in [1.165, 1.54) is 12.1 Å². The van der Waals surface area contributed by atoms with E-state index >= 15 is 0 Å². The van der Waals surface area contributed by atoms with Gasteiger partial charge in [-0.05, 0) is 161 Å². The Morgan fingerprint density at radius 1 is 0.245 bits per heavy atom. The molecule has 0 fully saturated rings. The van der Waals surface area contributed by atoms with Crippen molar-refractivity contribution >= 4 is 43.6 Å². The second kappa shape index (κ2) is 25.1. The SMILES string of the molecule is Cc1ccc(-c2ccc3c(c2)c2ccccc2n3-c2cc(-c3cccc(-c4cc(-c5nc(-c6ccccc6)nc(-c6ccccc6)n5)cc(-n5c6ccccc6c6cc(-c7ccc(C(F)(F)F)cc7C)ccc65)c4)c3)cc(-c3nc(-c4ccccc4)nc(-c4ccccc4)n3)c2)c(C(F)(F)F)c1. The monoisotopic (exact) mass is 1340 g/mol. The van der Waals surface area contributed by atoms with Gasteiger partial charge >= 0.3 is 12.4 Å². The second-order valence-corrected chi connectivity index (χ2v) is 25.4. The number of aryl methyl sites for hydroxylation is 2. The van der Waals surface area contributed by atoms with E-state index in [-0.39, 0.29) is 5.56 Å². The summed E-state index contributed by atoms with van der Waals surface area (Å²) >= 11 is 0. The normalized spacial score (nSPS) is 11.9. The minimum Gasteiger partial charge on any atom is -0.309 e. The van der Waals surface area contributed by atoms with Crippen LogP contribution >= 0.6 is 0 Å². The van der Waals surface area contributed by atoms with Crippen LogP contribution in [0.3, 0.4) is 0 Å². The fourth-order valence-electron chi connectivity index (χ4n) is 14.0. The van der Waals surface area contributed by atoms with Crippen LogP contribution in [0.15, 0.2) is 303 Å². The summed E-state index contributed by atoms with van der Waals surface area (Å²) in [7, 11) is 0. The van der Waals surface area contributed by atoms with E-state index in [9.17, 15) is 26.3 Å². The summed E-state index contributed by atoms with van der Waals surface area (Å²) in [6.07, 6.45) is -9.08. The lowest BCUT2D eigenvalue weighted by atomic mass is 9.95. The standard InChI is InChI=1S/C88H56F6N8/c1-53-34-38-71(76(42-53)88(92,93)94)62-36-41-80-75(52-62)73-31-16-18-33-78(73)102(80)69-48-64(46-66(50-69)86-99-83(57-24-11-5-12-25-57)96-84(100-86)58-26-13-6-14-27-58)60-29-19-28-59(44-60)63-45-65(85-97-81(55-20-7-3-8-21-55)95-82(98-85)56-22-9-4-10-23-56)49-68(47-63)101-77-32-17-15-30-72(77)74-51-61(35-40-79(74)101)70-39-37-67(43-54(70)2)87(89,90)91/h3-52H,1-2H3. The molecule has 8 nitrogen and oxygen atoms in total. The summed E-state index contributed by atoms with van der Waals surface area (Å²) < 4.78 is 91.0. The summed E-state index contributed by atoms with van der Waals surface area (Å²) in [6, 6.07) is 96.1. The summed E-state index contributed by atoms with van der Waals surface area (Å²) in [4.78, 5) is 31.1. The molecule has 0 aliphatic rings. The van der Waals surface area contributed by atoms with Crippen molar-refractivity contribution in [3.8, 4) is 124 Å². The molecule has 0 amide bonds. The number of hydrogen-bond donors (Lipinski definition) is 0. The van der Waals surface area contributed by atoms with E-state index < -0.39 is 23.5 Å². The Balaban J connectivity index is 0.888. The number of para-hydroxylation sites is 2. The zero-order chi connectivity index (χ0) is 69.4. The fourth-order valence-corrected chi connectivity index (χ4v) is 14.0. The van der Waals surface area contributed by atoms with Crippen LogP contribution in [0.2, 0.25) is 0 Å². The van der Waals surface area contributed by atoms with Crippen LogP contribution in [0.5, 0.6) is 0 Å². The number of fused-ring (bicyclic) bond motifs is 6. The third-order valence-corrected chi connectivity index (χ3v) is 18.8. The first-order valence-electron chi connectivity index (χ1n) is 33.2. The molecule has 0 N–H and O–H groups in total. The molecule has 13 aromatic carbocycles. The van der Waals surface area contributed by atoms with Crippen LogP contribution in [-0.4, -0.2) is 39.0 Å². The van der Waals surface area contributed by atoms with Crippen LogP contribution in [0.4, 0.5) is 26.3 Å². The van der Waals surface area contributed by atoms with Gasteiger partial charge in [-0.25, -0.2) is 29.9 Å². The highest BCUT2D eigenvalue weighted by atomic mass is 19.4. The summed E-state index contributed by atoms with van der Waals surface area (Å²) in [5, 5.41) is 3.46. The van der Waals surface area contributed by atoms with Gasteiger partial charge in [-0.3, -0.25) is 0 Å². The van der Waals surface area contributed by atoms with Crippen molar-refractivity contribution in [3.05, 3.63) is 326 Å². The summed E-state index contributed by atoms with van der Waals surface area (Å²) in [5.74, 6) is 2.78. The van der Waals surface area contributed by atoms with Crippen LogP contribution in [0, 0.1) is 13.8 Å². The van der Waals surface area contributed by atoms with Gasteiger partial charge in [-0.15, -0.1) is 0 Å². The van der Waals surface area contributed by atoms with E-state index in [1.807, 2.05) is 188 Å². The van der Waals surface area contributed by atoms with Gasteiger partial charge in [-0.1, -0.05) is 212 Å². The molecule has 0 aliphatic carbocycles. The van der Waals surface area contributed by atoms with Crippen LogP contribution in [0.1, 0.15) is 22.3 Å². The maximum absolute atomic E-state index is 14.9. The number of nitrogens with zero attached hydrogens (tertiary/aromatic N) is 8. The third kappa shape index (κ3) is 11.7. The smallest absolute Gasteiger partial charge is 0.309 e. The molecule has 0 saturated heterocycles. The molecule has 0 unspecified atom stereocenters. The lowest BCUT2D eigenvalue weighted by Crippen LogP contribution is -2.07. The molecule has 17 aromatic rings. The molecule has 0 aliphatic heterocycles. The largest absolute Gasteiger partial charge is 0.417 e. The second-order valence-electron chi connectivity index (χ2n) is 25.4.